The Balaban J connectivity index is 1.67. The van der Waals surface area contributed by atoms with Crippen LogP contribution in [-0.4, -0.2) is 28.9 Å². The first-order valence-electron chi connectivity index (χ1n) is 7.15. The molecule has 1 unspecified atom stereocenters. The standard InChI is InChI=1S/C17H20N2O3/c20-15-8-6-14(7-9-15)11-18-17(22)19-12-16(21)10-13-4-2-1-3-5-13/h1-9,16,20-21H,10-12H2,(H2,18,19,22). The third kappa shape index (κ3) is 5.46. The van der Waals surface area contributed by atoms with E-state index in [-0.39, 0.29) is 18.3 Å². The molecule has 0 fully saturated rings. The van der Waals surface area contributed by atoms with Crippen LogP contribution in [0.15, 0.2) is 54.6 Å². The molecule has 4 N–H and O–H groups in total. The molecule has 0 spiro atoms. The molecule has 0 aliphatic rings. The highest BCUT2D eigenvalue weighted by Gasteiger charge is 2.07. The molecule has 2 amide bonds. The molecule has 2 rings (SSSR count). The van der Waals surface area contributed by atoms with Gasteiger partial charge in [-0.05, 0) is 23.3 Å². The number of rotatable bonds is 6. The van der Waals surface area contributed by atoms with Crippen LogP contribution in [0.1, 0.15) is 11.1 Å². The van der Waals surface area contributed by atoms with Crippen molar-refractivity contribution in [3.8, 4) is 5.75 Å². The molecular weight excluding hydrogens is 280 g/mol. The van der Waals surface area contributed by atoms with E-state index in [0.29, 0.717) is 13.0 Å². The van der Waals surface area contributed by atoms with Gasteiger partial charge in [0.05, 0.1) is 6.10 Å². The van der Waals surface area contributed by atoms with E-state index in [1.54, 1.807) is 24.3 Å². The van der Waals surface area contributed by atoms with Gasteiger partial charge in [0.15, 0.2) is 0 Å². The van der Waals surface area contributed by atoms with E-state index in [1.807, 2.05) is 30.3 Å². The number of aliphatic hydroxyl groups excluding tert-OH is 1. The Labute approximate surface area is 129 Å². The zero-order valence-corrected chi connectivity index (χ0v) is 12.2. The van der Waals surface area contributed by atoms with Crippen LogP contribution >= 0.6 is 0 Å². The Morgan fingerprint density at radius 1 is 0.955 bits per heavy atom. The number of hydrogen-bond acceptors (Lipinski definition) is 3. The van der Waals surface area contributed by atoms with Gasteiger partial charge in [-0.3, -0.25) is 0 Å². The maximum absolute atomic E-state index is 11.7. The Hall–Kier alpha value is -2.53. The molecule has 116 valence electrons. The van der Waals surface area contributed by atoms with Gasteiger partial charge in [0.1, 0.15) is 5.75 Å². The highest BCUT2D eigenvalue weighted by atomic mass is 16.3. The van der Waals surface area contributed by atoms with Gasteiger partial charge in [0, 0.05) is 19.5 Å². The minimum atomic E-state index is -0.623. The molecule has 0 aromatic heterocycles. The Morgan fingerprint density at radius 2 is 1.64 bits per heavy atom. The summed E-state index contributed by atoms with van der Waals surface area (Å²) in [6, 6.07) is 15.9. The van der Waals surface area contributed by atoms with E-state index in [2.05, 4.69) is 10.6 Å². The highest BCUT2D eigenvalue weighted by Crippen LogP contribution is 2.09. The van der Waals surface area contributed by atoms with Gasteiger partial charge >= 0.3 is 6.03 Å². The second-order valence-electron chi connectivity index (χ2n) is 5.07. The second kappa shape index (κ2) is 8.05. The maximum atomic E-state index is 11.7. The van der Waals surface area contributed by atoms with Crippen LogP contribution in [0.5, 0.6) is 5.75 Å². The minimum absolute atomic E-state index is 0.191. The fourth-order valence-electron chi connectivity index (χ4n) is 2.03. The van der Waals surface area contributed by atoms with Crippen molar-refractivity contribution in [1.82, 2.24) is 10.6 Å². The Bertz CT molecular complexity index is 585. The molecule has 1 atom stereocenters. The molecule has 0 bridgehead atoms. The minimum Gasteiger partial charge on any atom is -0.508 e. The van der Waals surface area contributed by atoms with Gasteiger partial charge in [-0.25, -0.2) is 4.79 Å². The SMILES string of the molecule is O=C(NCc1ccc(O)cc1)NCC(O)Cc1ccccc1. The molecule has 0 saturated heterocycles. The lowest BCUT2D eigenvalue weighted by Crippen LogP contribution is -2.39. The summed E-state index contributed by atoms with van der Waals surface area (Å²) in [5.41, 5.74) is 1.92. The lowest BCUT2D eigenvalue weighted by Gasteiger charge is -2.13. The van der Waals surface area contributed by atoms with E-state index in [9.17, 15) is 15.0 Å². The van der Waals surface area contributed by atoms with Crippen molar-refractivity contribution >= 4 is 6.03 Å². The summed E-state index contributed by atoms with van der Waals surface area (Å²) in [4.78, 5) is 11.7. The number of phenols is 1. The average molecular weight is 300 g/mol. The molecular formula is C17H20N2O3. The van der Waals surface area contributed by atoms with Crippen molar-refractivity contribution in [2.24, 2.45) is 0 Å². The van der Waals surface area contributed by atoms with E-state index in [4.69, 9.17) is 0 Å². The van der Waals surface area contributed by atoms with Crippen molar-refractivity contribution < 1.29 is 15.0 Å². The first-order chi connectivity index (χ1) is 10.6. The predicted molar refractivity (Wildman–Crippen MR) is 84.5 cm³/mol. The topological polar surface area (TPSA) is 81.6 Å². The predicted octanol–water partition coefficient (Wildman–Crippen LogP) is 1.79. The molecule has 0 saturated carbocycles. The smallest absolute Gasteiger partial charge is 0.315 e. The van der Waals surface area contributed by atoms with Crippen LogP contribution in [-0.2, 0) is 13.0 Å². The largest absolute Gasteiger partial charge is 0.508 e. The average Bonchev–Trinajstić information content (AvgIpc) is 2.53. The molecule has 5 heteroatoms. The molecule has 0 heterocycles. The number of benzene rings is 2. The van der Waals surface area contributed by atoms with Gasteiger partial charge in [-0.2, -0.15) is 0 Å². The van der Waals surface area contributed by atoms with E-state index in [1.165, 1.54) is 0 Å². The highest BCUT2D eigenvalue weighted by molar-refractivity contribution is 5.73. The third-order valence-electron chi connectivity index (χ3n) is 3.20. The van der Waals surface area contributed by atoms with Crippen LogP contribution < -0.4 is 10.6 Å². The van der Waals surface area contributed by atoms with Crippen LogP contribution in [0.4, 0.5) is 4.79 Å². The monoisotopic (exact) mass is 300 g/mol. The number of aromatic hydroxyl groups is 1. The van der Waals surface area contributed by atoms with Crippen LogP contribution in [0.2, 0.25) is 0 Å². The number of urea groups is 1. The van der Waals surface area contributed by atoms with Crippen LogP contribution in [0.3, 0.4) is 0 Å². The molecule has 0 aliphatic carbocycles. The van der Waals surface area contributed by atoms with E-state index in [0.717, 1.165) is 11.1 Å². The second-order valence-corrected chi connectivity index (χ2v) is 5.07. The van der Waals surface area contributed by atoms with Gasteiger partial charge in [-0.15, -0.1) is 0 Å². The summed E-state index contributed by atoms with van der Waals surface area (Å²) < 4.78 is 0. The first kappa shape index (κ1) is 15.9. The van der Waals surface area contributed by atoms with Crippen molar-refractivity contribution in [1.29, 1.82) is 0 Å². The van der Waals surface area contributed by atoms with Crippen LogP contribution in [0, 0.1) is 0 Å². The van der Waals surface area contributed by atoms with E-state index >= 15 is 0 Å². The zero-order chi connectivity index (χ0) is 15.8. The first-order valence-corrected chi connectivity index (χ1v) is 7.15. The number of phenolic OH excluding ortho intramolecular Hbond substituents is 1. The Morgan fingerprint density at radius 3 is 2.32 bits per heavy atom. The maximum Gasteiger partial charge on any atom is 0.315 e. The fourth-order valence-corrected chi connectivity index (χ4v) is 2.03. The molecule has 0 aliphatic heterocycles. The summed E-state index contributed by atoms with van der Waals surface area (Å²) in [6.07, 6.45) is -0.124. The lowest BCUT2D eigenvalue weighted by atomic mass is 10.1. The third-order valence-corrected chi connectivity index (χ3v) is 3.20. The molecule has 22 heavy (non-hydrogen) atoms. The summed E-state index contributed by atoms with van der Waals surface area (Å²) >= 11 is 0. The van der Waals surface area contributed by atoms with Crippen molar-refractivity contribution in [2.75, 3.05) is 6.54 Å². The number of nitrogens with one attached hydrogen (secondary N) is 2. The fraction of sp³-hybridized carbons (Fsp3) is 0.235. The van der Waals surface area contributed by atoms with Gasteiger partial charge in [0.2, 0.25) is 0 Å². The van der Waals surface area contributed by atoms with Crippen molar-refractivity contribution in [3.63, 3.8) is 0 Å². The van der Waals surface area contributed by atoms with E-state index < -0.39 is 6.10 Å². The quantitative estimate of drug-likeness (QED) is 0.656. The number of amides is 2. The summed E-state index contributed by atoms with van der Waals surface area (Å²) in [5.74, 6) is 0.192. The van der Waals surface area contributed by atoms with Crippen LogP contribution in [0.25, 0.3) is 0 Å². The summed E-state index contributed by atoms with van der Waals surface area (Å²) in [5, 5.41) is 24.4. The normalized spacial score (nSPS) is 11.7. The Kier molecular flexibility index (Phi) is 5.80. The number of hydrogen-bond donors (Lipinski definition) is 4. The van der Waals surface area contributed by atoms with Crippen molar-refractivity contribution in [3.05, 3.63) is 65.7 Å². The summed E-state index contributed by atoms with van der Waals surface area (Å²) in [7, 11) is 0. The van der Waals surface area contributed by atoms with Gasteiger partial charge in [0.25, 0.3) is 0 Å². The molecule has 5 nitrogen and oxygen atoms in total. The summed E-state index contributed by atoms with van der Waals surface area (Å²) in [6.45, 7) is 0.553. The number of aliphatic hydroxyl groups is 1. The molecule has 2 aromatic carbocycles. The van der Waals surface area contributed by atoms with Gasteiger partial charge in [-0.1, -0.05) is 42.5 Å². The van der Waals surface area contributed by atoms with Gasteiger partial charge < -0.3 is 20.8 Å². The number of carbonyl (C=O) groups excluding carboxylic acids is 1. The molecule has 0 radical (unpaired) electrons. The molecule has 2 aromatic rings. The lowest BCUT2D eigenvalue weighted by molar-refractivity contribution is 0.170. The zero-order valence-electron chi connectivity index (χ0n) is 12.2. The van der Waals surface area contributed by atoms with Crippen molar-refractivity contribution in [2.45, 2.75) is 19.1 Å². The number of carbonyl (C=O) groups is 1.